The van der Waals surface area contributed by atoms with Gasteiger partial charge in [0.2, 0.25) is 5.91 Å². The monoisotopic (exact) mass is 682 g/mol. The summed E-state index contributed by atoms with van der Waals surface area (Å²) >= 11 is 13.1. The second-order valence-electron chi connectivity index (χ2n) is 13.8. The predicted octanol–water partition coefficient (Wildman–Crippen LogP) is 7.12. The Bertz CT molecular complexity index is 2160. The van der Waals surface area contributed by atoms with Crippen molar-refractivity contribution in [3.8, 4) is 17.2 Å². The number of hydrogen-bond acceptors (Lipinski definition) is 6. The van der Waals surface area contributed by atoms with Crippen LogP contribution in [0.4, 0.5) is 4.39 Å². The Hall–Kier alpha value is -4.04. The molecule has 2 saturated carbocycles. The molecule has 5 atom stereocenters. The maximum Gasteiger partial charge on any atom is 0.226 e. The molecular formula is C36H33Cl2FN8O. The highest BCUT2D eigenvalue weighted by molar-refractivity contribution is 6.43. The number of fused-ring (bicyclic) bond motifs is 4. The molecule has 10 rings (SSSR count). The van der Waals surface area contributed by atoms with Crippen molar-refractivity contribution in [1.82, 2.24) is 34.5 Å². The van der Waals surface area contributed by atoms with Crippen LogP contribution in [0.25, 0.3) is 32.9 Å². The van der Waals surface area contributed by atoms with Crippen LogP contribution in [0.1, 0.15) is 67.2 Å². The van der Waals surface area contributed by atoms with E-state index in [1.54, 1.807) is 30.9 Å². The summed E-state index contributed by atoms with van der Waals surface area (Å²) in [6, 6.07) is 11.9. The molecule has 9 nitrogen and oxygen atoms in total. The number of aromatic nitrogens is 5. The van der Waals surface area contributed by atoms with Crippen molar-refractivity contribution in [2.75, 3.05) is 13.1 Å². The first-order chi connectivity index (χ1) is 23.3. The highest BCUT2D eigenvalue weighted by atomic mass is 35.5. The zero-order valence-electron chi connectivity index (χ0n) is 26.3. The van der Waals surface area contributed by atoms with E-state index in [1.807, 2.05) is 17.7 Å². The zero-order chi connectivity index (χ0) is 32.8. The van der Waals surface area contributed by atoms with Crippen LogP contribution in [0.5, 0.6) is 0 Å². The molecule has 1 N–H and O–H groups in total. The van der Waals surface area contributed by atoms with Crippen LogP contribution in [0.2, 0.25) is 10.0 Å². The third-order valence-corrected chi connectivity index (χ3v) is 11.9. The summed E-state index contributed by atoms with van der Waals surface area (Å²) in [5, 5.41) is 19.9. The lowest BCUT2D eigenvalue weighted by atomic mass is 9.79. The normalized spacial score (nSPS) is 24.8. The van der Waals surface area contributed by atoms with Gasteiger partial charge in [0.15, 0.2) is 5.82 Å². The maximum absolute atomic E-state index is 17.1. The summed E-state index contributed by atoms with van der Waals surface area (Å²) in [5.74, 6) is 0.220. The average Bonchev–Trinajstić information content (AvgIpc) is 3.61. The van der Waals surface area contributed by atoms with Gasteiger partial charge in [-0.15, -0.1) is 0 Å². The highest BCUT2D eigenvalue weighted by Crippen LogP contribution is 2.52. The summed E-state index contributed by atoms with van der Waals surface area (Å²) in [4.78, 5) is 25.0. The Labute approximate surface area is 286 Å². The highest BCUT2D eigenvalue weighted by Gasteiger charge is 2.51. The quantitative estimate of drug-likeness (QED) is 0.196. The van der Waals surface area contributed by atoms with Gasteiger partial charge in [0.05, 0.1) is 39.8 Å². The summed E-state index contributed by atoms with van der Waals surface area (Å²) in [6.07, 6.45) is 7.46. The van der Waals surface area contributed by atoms with E-state index in [9.17, 15) is 10.1 Å². The number of hydrogen-bond donors (Lipinski definition) is 1. The average molecular weight is 684 g/mol. The third-order valence-electron chi connectivity index (χ3n) is 11.1. The number of carbonyl (C=O) groups is 1. The van der Waals surface area contributed by atoms with Crippen molar-refractivity contribution in [3.63, 3.8) is 0 Å². The van der Waals surface area contributed by atoms with E-state index in [0.29, 0.717) is 58.4 Å². The van der Waals surface area contributed by atoms with E-state index in [4.69, 9.17) is 28.2 Å². The second-order valence-corrected chi connectivity index (χ2v) is 14.6. The van der Waals surface area contributed by atoms with Crippen LogP contribution in [0, 0.1) is 35.9 Å². The Morgan fingerprint density at radius 2 is 2.04 bits per heavy atom. The number of amides is 1. The van der Waals surface area contributed by atoms with E-state index in [0.717, 1.165) is 48.1 Å². The van der Waals surface area contributed by atoms with E-state index in [-0.39, 0.29) is 46.9 Å². The Balaban J connectivity index is 1.30. The molecule has 0 unspecified atom stereocenters. The number of nitrogens with zero attached hydrogens (tertiary/aromatic N) is 7. The Morgan fingerprint density at radius 1 is 1.19 bits per heavy atom. The van der Waals surface area contributed by atoms with Crippen molar-refractivity contribution in [2.45, 2.75) is 69.6 Å². The number of pyridine rings is 1. The minimum Gasteiger partial charge on any atom is -0.337 e. The van der Waals surface area contributed by atoms with Crippen LogP contribution in [0.3, 0.4) is 0 Å². The zero-order valence-corrected chi connectivity index (χ0v) is 27.8. The fourth-order valence-electron chi connectivity index (χ4n) is 8.60. The number of nitriles is 1. The molecule has 2 aromatic carbocycles. The van der Waals surface area contributed by atoms with Gasteiger partial charge >= 0.3 is 0 Å². The van der Waals surface area contributed by atoms with Crippen LogP contribution in [-0.2, 0) is 11.2 Å². The molecular weight excluding hydrogens is 650 g/mol. The van der Waals surface area contributed by atoms with Gasteiger partial charge in [0, 0.05) is 64.8 Å². The second kappa shape index (κ2) is 11.3. The molecule has 12 heteroatoms. The van der Waals surface area contributed by atoms with Crippen LogP contribution >= 0.6 is 23.2 Å². The molecule has 5 aromatic rings. The summed E-state index contributed by atoms with van der Waals surface area (Å²) in [5.41, 5.74) is 4.45. The van der Waals surface area contributed by atoms with Gasteiger partial charge in [-0.3, -0.25) is 4.79 Å². The van der Waals surface area contributed by atoms with E-state index >= 15 is 4.39 Å². The first kappa shape index (κ1) is 30.1. The van der Waals surface area contributed by atoms with Crippen molar-refractivity contribution in [3.05, 3.63) is 75.8 Å². The fraction of sp³-hybridized carbons (Fsp3) is 0.417. The lowest BCUT2D eigenvalue weighted by Gasteiger charge is -2.39. The summed E-state index contributed by atoms with van der Waals surface area (Å²) in [6.45, 7) is 3.42. The van der Waals surface area contributed by atoms with Crippen LogP contribution < -0.4 is 5.32 Å². The number of rotatable bonds is 7. The SMILES string of the molecule is Cc1nc2c(F)c(-c3cccc(Cl)c3Cl)c(CCC#N)cc2c2c1cc([C@H]1C[C@H](n3cncn3)CN1C(=O)C1CC1)n2[C@H]1[C@H]2CN[C@@H]1C2. The molecule has 3 saturated heterocycles. The molecule has 5 fully saturated rings. The number of benzene rings is 2. The van der Waals surface area contributed by atoms with Crippen LogP contribution in [0.15, 0.2) is 43.0 Å². The molecule has 6 heterocycles. The molecule has 1 amide bonds. The van der Waals surface area contributed by atoms with E-state index in [1.165, 1.54) is 0 Å². The minimum atomic E-state index is -0.476. The third kappa shape index (κ3) is 4.51. The van der Waals surface area contributed by atoms with Gasteiger partial charge in [-0.05, 0) is 68.7 Å². The molecule has 2 aliphatic carbocycles. The lowest BCUT2D eigenvalue weighted by molar-refractivity contribution is -0.133. The molecule has 2 bridgehead atoms. The van der Waals surface area contributed by atoms with Crippen molar-refractivity contribution >= 4 is 50.9 Å². The fourth-order valence-corrected chi connectivity index (χ4v) is 8.99. The van der Waals surface area contributed by atoms with Crippen molar-refractivity contribution in [1.29, 1.82) is 5.26 Å². The maximum atomic E-state index is 17.1. The molecule has 48 heavy (non-hydrogen) atoms. The van der Waals surface area contributed by atoms with Crippen molar-refractivity contribution in [2.24, 2.45) is 11.8 Å². The molecule has 5 aliphatic rings. The van der Waals surface area contributed by atoms with E-state index < -0.39 is 5.82 Å². The van der Waals surface area contributed by atoms with Gasteiger partial charge in [0.1, 0.15) is 18.2 Å². The largest absolute Gasteiger partial charge is 0.337 e. The smallest absolute Gasteiger partial charge is 0.226 e. The summed E-state index contributed by atoms with van der Waals surface area (Å²) < 4.78 is 21.4. The van der Waals surface area contributed by atoms with Gasteiger partial charge in [-0.25, -0.2) is 19.0 Å². The number of nitrogens with one attached hydrogen (secondary N) is 1. The number of likely N-dealkylation sites (tertiary alicyclic amines) is 1. The number of carbonyl (C=O) groups excluding carboxylic acids is 1. The molecule has 3 aliphatic heterocycles. The Morgan fingerprint density at radius 3 is 2.75 bits per heavy atom. The van der Waals surface area contributed by atoms with Gasteiger partial charge in [-0.2, -0.15) is 10.4 Å². The molecule has 3 aromatic heterocycles. The van der Waals surface area contributed by atoms with Gasteiger partial charge in [-0.1, -0.05) is 35.3 Å². The van der Waals surface area contributed by atoms with Gasteiger partial charge in [0.25, 0.3) is 0 Å². The standard InChI is InChI=1S/C36H33Cl2FN8O/c1-18-24-13-29(28-12-22(46-17-41-16-43-46)15-45(28)36(48)19-7-8-19)47(34-21-11-27(34)42-14-21)35(24)25-10-20(4-3-9-40)30(32(39)33(25)44-18)23-5-2-6-26(37)31(23)38/h2,5-6,10,13,16-17,19,21-22,27-28,34,42H,3-4,7-8,11-12,14-15H2,1H3/t21-,22+,27-,28-,34+/m1/s1. The summed E-state index contributed by atoms with van der Waals surface area (Å²) in [7, 11) is 0. The number of aryl methyl sites for hydroxylation is 2. The molecule has 244 valence electrons. The predicted molar refractivity (Wildman–Crippen MR) is 181 cm³/mol. The van der Waals surface area contributed by atoms with Crippen LogP contribution in [-0.4, -0.2) is 54.3 Å². The first-order valence-corrected chi connectivity index (χ1v) is 17.5. The topological polar surface area (TPSA) is 105 Å². The minimum absolute atomic E-state index is 0.00102. The van der Waals surface area contributed by atoms with E-state index in [2.05, 4.69) is 37.0 Å². The molecule has 0 spiro atoms. The number of halogens is 3. The molecule has 0 radical (unpaired) electrons. The van der Waals surface area contributed by atoms with Gasteiger partial charge < -0.3 is 14.8 Å². The Kier molecular flexibility index (Phi) is 7.05. The lowest BCUT2D eigenvalue weighted by Crippen LogP contribution is -2.41. The first-order valence-electron chi connectivity index (χ1n) is 16.7. The van der Waals surface area contributed by atoms with Crippen molar-refractivity contribution < 1.29 is 9.18 Å².